The van der Waals surface area contributed by atoms with Crippen molar-refractivity contribution in [2.45, 2.75) is 82.5 Å². The zero-order valence-corrected chi connectivity index (χ0v) is 18.9. The summed E-state index contributed by atoms with van der Waals surface area (Å²) in [6.07, 6.45) is 4.93. The normalized spacial score (nSPS) is 22.9. The van der Waals surface area contributed by atoms with Crippen LogP contribution in [-0.2, 0) is 14.4 Å². The van der Waals surface area contributed by atoms with Gasteiger partial charge in [0.2, 0.25) is 5.91 Å². The van der Waals surface area contributed by atoms with E-state index in [0.29, 0.717) is 37.6 Å². The maximum absolute atomic E-state index is 12.3. The van der Waals surface area contributed by atoms with Gasteiger partial charge in [0, 0.05) is 43.2 Å². The molecule has 0 aromatic heterocycles. The van der Waals surface area contributed by atoms with Crippen LogP contribution in [0.25, 0.3) is 0 Å². The molecule has 2 rings (SSSR count). The van der Waals surface area contributed by atoms with Gasteiger partial charge in [0.15, 0.2) is 0 Å². The van der Waals surface area contributed by atoms with Crippen LogP contribution in [0.2, 0.25) is 0 Å². The van der Waals surface area contributed by atoms with Gasteiger partial charge < -0.3 is 21.7 Å². The molecular formula is C21H36N4O4S. The van der Waals surface area contributed by atoms with E-state index in [2.05, 4.69) is 16.0 Å². The summed E-state index contributed by atoms with van der Waals surface area (Å²) in [5, 5.41) is 9.20. The highest BCUT2D eigenvalue weighted by Crippen LogP contribution is 2.33. The first kappa shape index (κ1) is 24.7. The Balaban J connectivity index is 1.52. The van der Waals surface area contributed by atoms with Crippen LogP contribution in [0.5, 0.6) is 0 Å². The van der Waals surface area contributed by atoms with E-state index >= 15 is 0 Å². The molecule has 0 bridgehead atoms. The number of carbonyl (C=O) groups excluding carboxylic acids is 4. The first-order valence-corrected chi connectivity index (χ1v) is 12.0. The van der Waals surface area contributed by atoms with Gasteiger partial charge in [-0.15, -0.1) is 0 Å². The molecule has 2 saturated heterocycles. The summed E-state index contributed by atoms with van der Waals surface area (Å²) in [5.74, 6) is 0.998. The summed E-state index contributed by atoms with van der Waals surface area (Å²) in [4.78, 5) is 47.5. The number of Topliss-reactive ketones (excluding diaryl/α,β-unsaturated/α-hetero) is 2. The standard InChI is InChI=1S/C21H36N4O4S/c1-21(2,12-15(27)9-10-22)19(28)23-11-5-7-14(26)6-3-4-8-17-18-16(13-30-17)24-20(29)25-18/h16-18H,3-13,22H2,1-2H3,(H,23,28)(H2,24,25,29)/t16?,17-,18?/m0/s1. The molecule has 0 aliphatic carbocycles. The molecule has 2 heterocycles. The monoisotopic (exact) mass is 440 g/mol. The van der Waals surface area contributed by atoms with Crippen molar-refractivity contribution in [1.82, 2.24) is 16.0 Å². The van der Waals surface area contributed by atoms with Crippen molar-refractivity contribution < 1.29 is 19.2 Å². The average molecular weight is 441 g/mol. The lowest BCUT2D eigenvalue weighted by molar-refractivity contribution is -0.134. The Morgan fingerprint density at radius 1 is 1.10 bits per heavy atom. The van der Waals surface area contributed by atoms with Crippen molar-refractivity contribution in [2.24, 2.45) is 11.1 Å². The Labute approximate surface area is 183 Å². The van der Waals surface area contributed by atoms with Crippen LogP contribution < -0.4 is 21.7 Å². The number of amides is 3. The van der Waals surface area contributed by atoms with Gasteiger partial charge in [-0.1, -0.05) is 20.3 Å². The van der Waals surface area contributed by atoms with E-state index in [4.69, 9.17) is 5.73 Å². The minimum atomic E-state index is -0.762. The zero-order chi connectivity index (χ0) is 22.1. The number of hydrogen-bond acceptors (Lipinski definition) is 6. The van der Waals surface area contributed by atoms with Crippen LogP contribution in [0.4, 0.5) is 4.79 Å². The smallest absolute Gasteiger partial charge is 0.315 e. The lowest BCUT2D eigenvalue weighted by atomic mass is 9.85. The minimum absolute atomic E-state index is 0.00840. The number of nitrogens with two attached hydrogens (primary N) is 1. The molecule has 0 radical (unpaired) electrons. The van der Waals surface area contributed by atoms with Gasteiger partial charge in [0.25, 0.3) is 0 Å². The highest BCUT2D eigenvalue weighted by molar-refractivity contribution is 8.00. The molecule has 0 aromatic rings. The number of thioether (sulfide) groups is 1. The van der Waals surface area contributed by atoms with Crippen molar-refractivity contribution in [3.8, 4) is 0 Å². The Hall–Kier alpha value is -1.61. The molecule has 9 heteroatoms. The van der Waals surface area contributed by atoms with Crippen molar-refractivity contribution in [1.29, 1.82) is 0 Å². The van der Waals surface area contributed by atoms with Crippen molar-refractivity contribution in [2.75, 3.05) is 18.8 Å². The molecule has 2 unspecified atom stereocenters. The molecule has 3 atom stereocenters. The Morgan fingerprint density at radius 3 is 2.57 bits per heavy atom. The van der Waals surface area contributed by atoms with Crippen LogP contribution in [0.3, 0.4) is 0 Å². The highest BCUT2D eigenvalue weighted by atomic mass is 32.2. The Kier molecular flexibility index (Phi) is 9.61. The van der Waals surface area contributed by atoms with Crippen LogP contribution in [0.15, 0.2) is 0 Å². The predicted octanol–water partition coefficient (Wildman–Crippen LogP) is 1.51. The summed E-state index contributed by atoms with van der Waals surface area (Å²) < 4.78 is 0. The second-order valence-corrected chi connectivity index (χ2v) is 10.2. The number of nitrogens with one attached hydrogen (secondary N) is 3. The Bertz CT molecular complexity index is 640. The number of unbranched alkanes of at least 4 members (excludes halogenated alkanes) is 1. The fourth-order valence-electron chi connectivity index (χ4n) is 3.99. The van der Waals surface area contributed by atoms with Gasteiger partial charge in [-0.25, -0.2) is 4.79 Å². The van der Waals surface area contributed by atoms with E-state index in [-0.39, 0.29) is 48.4 Å². The molecule has 5 N–H and O–H groups in total. The number of urea groups is 1. The molecule has 2 aliphatic rings. The molecule has 0 saturated carbocycles. The van der Waals surface area contributed by atoms with Crippen molar-refractivity contribution in [3.63, 3.8) is 0 Å². The highest BCUT2D eigenvalue weighted by Gasteiger charge is 2.42. The molecule has 8 nitrogen and oxygen atoms in total. The fraction of sp³-hybridized carbons (Fsp3) is 0.810. The van der Waals surface area contributed by atoms with E-state index in [1.54, 1.807) is 13.8 Å². The fourth-order valence-corrected chi connectivity index (χ4v) is 5.53. The summed E-state index contributed by atoms with van der Waals surface area (Å²) in [6.45, 7) is 4.24. The van der Waals surface area contributed by atoms with Crippen molar-refractivity contribution >= 4 is 35.3 Å². The van der Waals surface area contributed by atoms with Crippen LogP contribution >= 0.6 is 11.8 Å². The van der Waals surface area contributed by atoms with Crippen LogP contribution in [-0.4, -0.2) is 59.7 Å². The maximum atomic E-state index is 12.3. The molecular weight excluding hydrogens is 404 g/mol. The molecule has 3 amide bonds. The Morgan fingerprint density at radius 2 is 1.83 bits per heavy atom. The number of rotatable bonds is 14. The van der Waals surface area contributed by atoms with E-state index in [9.17, 15) is 19.2 Å². The first-order valence-electron chi connectivity index (χ1n) is 10.9. The van der Waals surface area contributed by atoms with E-state index in [1.165, 1.54) is 0 Å². The SMILES string of the molecule is CC(C)(CC(=O)CCN)C(=O)NCCCC(=O)CCCC[C@@H]1SCC2NC(=O)NC21. The largest absolute Gasteiger partial charge is 0.356 e. The number of carbonyl (C=O) groups is 4. The first-order chi connectivity index (χ1) is 14.2. The number of hydrogen-bond donors (Lipinski definition) is 4. The lowest BCUT2D eigenvalue weighted by Gasteiger charge is -2.22. The van der Waals surface area contributed by atoms with E-state index in [1.807, 2.05) is 11.8 Å². The molecule has 0 aromatic carbocycles. The topological polar surface area (TPSA) is 130 Å². The number of fused-ring (bicyclic) bond motifs is 1. The van der Waals surface area contributed by atoms with Crippen molar-refractivity contribution in [3.05, 3.63) is 0 Å². The second-order valence-electron chi connectivity index (χ2n) is 8.90. The van der Waals surface area contributed by atoms with Crippen LogP contribution in [0.1, 0.15) is 65.2 Å². The number of ketones is 2. The van der Waals surface area contributed by atoms with Gasteiger partial charge >= 0.3 is 6.03 Å². The molecule has 2 fully saturated rings. The molecule has 30 heavy (non-hydrogen) atoms. The summed E-state index contributed by atoms with van der Waals surface area (Å²) >= 11 is 1.89. The summed E-state index contributed by atoms with van der Waals surface area (Å²) in [7, 11) is 0. The second kappa shape index (κ2) is 11.7. The quantitative estimate of drug-likeness (QED) is 0.239. The van der Waals surface area contributed by atoms with Gasteiger partial charge in [0.1, 0.15) is 11.6 Å². The van der Waals surface area contributed by atoms with Gasteiger partial charge in [-0.2, -0.15) is 11.8 Å². The van der Waals surface area contributed by atoms with E-state index in [0.717, 1.165) is 25.0 Å². The molecule has 170 valence electrons. The van der Waals surface area contributed by atoms with E-state index < -0.39 is 5.41 Å². The predicted molar refractivity (Wildman–Crippen MR) is 118 cm³/mol. The third kappa shape index (κ3) is 7.58. The van der Waals surface area contributed by atoms with Gasteiger partial charge in [-0.3, -0.25) is 14.4 Å². The van der Waals surface area contributed by atoms with Crippen LogP contribution in [0, 0.1) is 5.41 Å². The van der Waals surface area contributed by atoms with Gasteiger partial charge in [-0.05, 0) is 25.8 Å². The lowest BCUT2D eigenvalue weighted by Crippen LogP contribution is -2.39. The third-order valence-electron chi connectivity index (χ3n) is 5.73. The summed E-state index contributed by atoms with van der Waals surface area (Å²) in [6, 6.07) is 0.396. The minimum Gasteiger partial charge on any atom is -0.356 e. The molecule has 2 aliphatic heterocycles. The summed E-state index contributed by atoms with van der Waals surface area (Å²) in [5.41, 5.74) is 4.62. The molecule has 0 spiro atoms. The van der Waals surface area contributed by atoms with Gasteiger partial charge in [0.05, 0.1) is 17.5 Å². The maximum Gasteiger partial charge on any atom is 0.315 e. The average Bonchev–Trinajstić information content (AvgIpc) is 3.21. The zero-order valence-electron chi connectivity index (χ0n) is 18.1. The third-order valence-corrected chi connectivity index (χ3v) is 7.24.